The molecule has 2 rings (SSSR count). The summed E-state index contributed by atoms with van der Waals surface area (Å²) in [7, 11) is 0. The first kappa shape index (κ1) is 12.7. The van der Waals surface area contributed by atoms with Gasteiger partial charge in [-0.3, -0.25) is 0 Å². The van der Waals surface area contributed by atoms with E-state index in [4.69, 9.17) is 0 Å². The molecule has 0 aliphatic heterocycles. The second-order valence-corrected chi connectivity index (χ2v) is 5.60. The molecular weight excluding hydrogens is 296 g/mol. The Kier molecular flexibility index (Phi) is 4.71. The molecule has 1 aromatic carbocycles. The van der Waals surface area contributed by atoms with Crippen molar-refractivity contribution in [2.45, 2.75) is 19.9 Å². The van der Waals surface area contributed by atoms with Crippen LogP contribution in [0, 0.1) is 0 Å². The van der Waals surface area contributed by atoms with Gasteiger partial charge in [0.25, 0.3) is 0 Å². The van der Waals surface area contributed by atoms with E-state index in [1.54, 1.807) is 11.3 Å². The number of halogens is 1. The van der Waals surface area contributed by atoms with Gasteiger partial charge in [0.2, 0.25) is 0 Å². The number of thiazole rings is 1. The molecule has 0 unspecified atom stereocenters. The van der Waals surface area contributed by atoms with Gasteiger partial charge >= 0.3 is 0 Å². The molecule has 17 heavy (non-hydrogen) atoms. The number of nitrogens with zero attached hydrogens (tertiary/aromatic N) is 1. The average molecular weight is 311 g/mol. The maximum Gasteiger partial charge on any atom is 0.123 e. The Morgan fingerprint density at radius 1 is 1.29 bits per heavy atom. The fourth-order valence-electron chi connectivity index (χ4n) is 1.51. The molecule has 0 saturated carbocycles. The summed E-state index contributed by atoms with van der Waals surface area (Å²) in [6.45, 7) is 4.08. The normalized spacial score (nSPS) is 10.7. The number of rotatable bonds is 5. The molecule has 0 atom stereocenters. The summed E-state index contributed by atoms with van der Waals surface area (Å²) >= 11 is 5.14. The zero-order valence-corrected chi connectivity index (χ0v) is 12.1. The van der Waals surface area contributed by atoms with Gasteiger partial charge in [-0.1, -0.05) is 35.0 Å². The molecule has 1 aromatic heterocycles. The van der Waals surface area contributed by atoms with Crippen LogP contribution in [-0.2, 0) is 6.54 Å². The minimum Gasteiger partial charge on any atom is -0.311 e. The van der Waals surface area contributed by atoms with Gasteiger partial charge in [-0.25, -0.2) is 4.98 Å². The van der Waals surface area contributed by atoms with Crippen LogP contribution in [0.25, 0.3) is 10.6 Å². The van der Waals surface area contributed by atoms with Crippen molar-refractivity contribution in [3.05, 3.63) is 39.8 Å². The Balaban J connectivity index is 2.04. The molecule has 0 fully saturated rings. The predicted molar refractivity (Wildman–Crippen MR) is 77.2 cm³/mol. The van der Waals surface area contributed by atoms with Crippen LogP contribution in [0.5, 0.6) is 0 Å². The second kappa shape index (κ2) is 6.28. The van der Waals surface area contributed by atoms with E-state index in [-0.39, 0.29) is 0 Å². The van der Waals surface area contributed by atoms with E-state index in [9.17, 15) is 0 Å². The van der Waals surface area contributed by atoms with Gasteiger partial charge in [-0.2, -0.15) is 0 Å². The van der Waals surface area contributed by atoms with Crippen LogP contribution in [0.15, 0.2) is 34.1 Å². The topological polar surface area (TPSA) is 24.9 Å². The van der Waals surface area contributed by atoms with Crippen molar-refractivity contribution in [1.82, 2.24) is 10.3 Å². The molecular formula is C13H15BrN2S. The zero-order chi connectivity index (χ0) is 12.1. The summed E-state index contributed by atoms with van der Waals surface area (Å²) in [6.07, 6.45) is 1.16. The summed E-state index contributed by atoms with van der Waals surface area (Å²) in [5.41, 5.74) is 2.31. The monoisotopic (exact) mass is 310 g/mol. The molecule has 2 nitrogen and oxygen atoms in total. The molecule has 0 saturated heterocycles. The summed E-state index contributed by atoms with van der Waals surface area (Å²) in [4.78, 5) is 4.62. The van der Waals surface area contributed by atoms with E-state index >= 15 is 0 Å². The number of nitrogens with one attached hydrogen (secondary N) is 1. The number of aromatic nitrogens is 1. The maximum atomic E-state index is 4.62. The second-order valence-electron chi connectivity index (χ2n) is 3.83. The van der Waals surface area contributed by atoms with Crippen molar-refractivity contribution in [3.8, 4) is 10.6 Å². The standard InChI is InChI=1S/C13H15BrN2S/c1-2-7-15-8-12-9-17-13(16-12)10-3-5-11(14)6-4-10/h3-6,9,15H,2,7-8H2,1H3. The average Bonchev–Trinajstić information content (AvgIpc) is 2.79. The van der Waals surface area contributed by atoms with E-state index in [1.807, 2.05) is 12.1 Å². The third-order valence-corrected chi connectivity index (χ3v) is 3.84. The van der Waals surface area contributed by atoms with Gasteiger partial charge in [-0.15, -0.1) is 11.3 Å². The fraction of sp³-hybridized carbons (Fsp3) is 0.308. The maximum absolute atomic E-state index is 4.62. The highest BCUT2D eigenvalue weighted by molar-refractivity contribution is 9.10. The van der Waals surface area contributed by atoms with Gasteiger partial charge < -0.3 is 5.32 Å². The Morgan fingerprint density at radius 3 is 2.76 bits per heavy atom. The quantitative estimate of drug-likeness (QED) is 0.842. The molecule has 1 N–H and O–H groups in total. The van der Waals surface area contributed by atoms with Crippen LogP contribution in [0.1, 0.15) is 19.0 Å². The minimum atomic E-state index is 0.862. The van der Waals surface area contributed by atoms with Crippen LogP contribution >= 0.6 is 27.3 Å². The first-order valence-corrected chi connectivity index (χ1v) is 7.38. The van der Waals surface area contributed by atoms with E-state index in [0.717, 1.165) is 34.7 Å². The highest BCUT2D eigenvalue weighted by Gasteiger charge is 2.04. The Hall–Kier alpha value is -0.710. The Bertz CT molecular complexity index is 465. The Labute approximate surface area is 114 Å². The smallest absolute Gasteiger partial charge is 0.123 e. The molecule has 2 aromatic rings. The molecule has 0 aliphatic carbocycles. The summed E-state index contributed by atoms with van der Waals surface area (Å²) in [6, 6.07) is 8.27. The van der Waals surface area contributed by atoms with E-state index in [1.165, 1.54) is 5.56 Å². The SMILES string of the molecule is CCCNCc1csc(-c2ccc(Br)cc2)n1. The van der Waals surface area contributed by atoms with Gasteiger partial charge in [-0.05, 0) is 25.1 Å². The minimum absolute atomic E-state index is 0.862. The molecule has 0 spiro atoms. The molecule has 90 valence electrons. The van der Waals surface area contributed by atoms with Crippen molar-refractivity contribution in [2.24, 2.45) is 0 Å². The lowest BCUT2D eigenvalue weighted by Crippen LogP contribution is -2.13. The van der Waals surface area contributed by atoms with Crippen LogP contribution < -0.4 is 5.32 Å². The van der Waals surface area contributed by atoms with Crippen molar-refractivity contribution < 1.29 is 0 Å². The summed E-state index contributed by atoms with van der Waals surface area (Å²) < 4.78 is 1.10. The lowest BCUT2D eigenvalue weighted by Gasteiger charge is -1.99. The number of benzene rings is 1. The summed E-state index contributed by atoms with van der Waals surface area (Å²) in [5, 5.41) is 6.58. The largest absolute Gasteiger partial charge is 0.311 e. The number of hydrogen-bond acceptors (Lipinski definition) is 3. The third kappa shape index (κ3) is 3.63. The van der Waals surface area contributed by atoms with Gasteiger partial charge in [0, 0.05) is 22.0 Å². The van der Waals surface area contributed by atoms with Crippen molar-refractivity contribution in [2.75, 3.05) is 6.54 Å². The zero-order valence-electron chi connectivity index (χ0n) is 9.74. The lowest BCUT2D eigenvalue weighted by atomic mass is 10.2. The molecule has 4 heteroatoms. The van der Waals surface area contributed by atoms with Gasteiger partial charge in [0.1, 0.15) is 5.01 Å². The van der Waals surface area contributed by atoms with Crippen LogP contribution in [-0.4, -0.2) is 11.5 Å². The molecule has 0 radical (unpaired) electrons. The van der Waals surface area contributed by atoms with Gasteiger partial charge in [0.15, 0.2) is 0 Å². The first-order chi connectivity index (χ1) is 8.29. The highest BCUT2D eigenvalue weighted by atomic mass is 79.9. The predicted octanol–water partition coefficient (Wildman–Crippen LogP) is 4.07. The van der Waals surface area contributed by atoms with E-state index in [0.29, 0.717) is 0 Å². The molecule has 0 bridgehead atoms. The van der Waals surface area contributed by atoms with Gasteiger partial charge in [0.05, 0.1) is 5.69 Å². The molecule has 1 heterocycles. The fourth-order valence-corrected chi connectivity index (χ4v) is 2.60. The van der Waals surface area contributed by atoms with Crippen molar-refractivity contribution in [3.63, 3.8) is 0 Å². The van der Waals surface area contributed by atoms with Crippen molar-refractivity contribution >= 4 is 27.3 Å². The van der Waals surface area contributed by atoms with Crippen molar-refractivity contribution in [1.29, 1.82) is 0 Å². The third-order valence-electron chi connectivity index (χ3n) is 2.38. The van der Waals surface area contributed by atoms with Crippen LogP contribution in [0.4, 0.5) is 0 Å². The van der Waals surface area contributed by atoms with E-state index in [2.05, 4.69) is 50.7 Å². The Morgan fingerprint density at radius 2 is 2.06 bits per heavy atom. The summed E-state index contributed by atoms with van der Waals surface area (Å²) in [5.74, 6) is 0. The van der Waals surface area contributed by atoms with E-state index < -0.39 is 0 Å². The number of hydrogen-bond donors (Lipinski definition) is 1. The van der Waals surface area contributed by atoms with Crippen LogP contribution in [0.3, 0.4) is 0 Å². The highest BCUT2D eigenvalue weighted by Crippen LogP contribution is 2.25. The molecule has 0 amide bonds. The van der Waals surface area contributed by atoms with Crippen LogP contribution in [0.2, 0.25) is 0 Å². The molecule has 0 aliphatic rings. The lowest BCUT2D eigenvalue weighted by molar-refractivity contribution is 0.667. The first-order valence-electron chi connectivity index (χ1n) is 5.70.